The van der Waals surface area contributed by atoms with Crippen LogP contribution in [0.5, 0.6) is 23.0 Å². The first-order valence-electron chi connectivity index (χ1n) is 11.1. The second kappa shape index (κ2) is 17.8. The summed E-state index contributed by atoms with van der Waals surface area (Å²) >= 11 is 11.2. The second-order valence-electron chi connectivity index (χ2n) is 7.14. The molecule has 4 nitrogen and oxygen atoms in total. The van der Waals surface area contributed by atoms with E-state index in [9.17, 15) is 10.2 Å². The normalized spacial score (nSPS) is 9.39. The summed E-state index contributed by atoms with van der Waals surface area (Å²) in [5, 5.41) is 20.5. The number of allylic oxidation sites excluding steroid dienone is 2. The van der Waals surface area contributed by atoms with Crippen LogP contribution in [-0.2, 0) is 12.8 Å². The highest BCUT2D eigenvalue weighted by Crippen LogP contribution is 2.31. The van der Waals surface area contributed by atoms with E-state index in [4.69, 9.17) is 32.7 Å². The van der Waals surface area contributed by atoms with Gasteiger partial charge in [-0.05, 0) is 48.7 Å². The maximum atomic E-state index is 9.78. The summed E-state index contributed by atoms with van der Waals surface area (Å²) in [6.45, 7) is 15.3. The molecule has 3 aromatic rings. The third-order valence-electron chi connectivity index (χ3n) is 4.42. The van der Waals surface area contributed by atoms with Gasteiger partial charge in [0.15, 0.2) is 0 Å². The molecule has 0 saturated heterocycles. The third kappa shape index (κ3) is 11.2. The Bertz CT molecular complexity index is 1080. The van der Waals surface area contributed by atoms with Crippen LogP contribution < -0.4 is 9.47 Å². The Morgan fingerprint density at radius 2 is 1.19 bits per heavy atom. The van der Waals surface area contributed by atoms with Crippen molar-refractivity contribution in [2.45, 2.75) is 12.8 Å². The van der Waals surface area contributed by atoms with E-state index in [2.05, 4.69) is 26.3 Å². The molecule has 0 aliphatic heterocycles. The number of rotatable bonds is 10. The van der Waals surface area contributed by atoms with Crippen LogP contribution in [-0.4, -0.2) is 23.4 Å². The lowest BCUT2D eigenvalue weighted by Crippen LogP contribution is -1.95. The van der Waals surface area contributed by atoms with Crippen molar-refractivity contribution in [1.29, 1.82) is 0 Å². The van der Waals surface area contributed by atoms with Gasteiger partial charge in [0.2, 0.25) is 0 Å². The molecule has 0 atom stereocenters. The monoisotopic (exact) mass is 526 g/mol. The number of phenolic OH excluding ortho intramolecular Hbond substituents is 2. The van der Waals surface area contributed by atoms with Gasteiger partial charge in [-0.15, -0.1) is 13.2 Å². The Kier molecular flexibility index (Phi) is 15.0. The fourth-order valence-electron chi connectivity index (χ4n) is 2.74. The quantitative estimate of drug-likeness (QED) is 0.260. The molecule has 0 radical (unpaired) electrons. The predicted octanol–water partition coefficient (Wildman–Crippen LogP) is 8.36. The van der Waals surface area contributed by atoms with Crippen molar-refractivity contribution in [3.05, 3.63) is 132 Å². The van der Waals surface area contributed by atoms with Gasteiger partial charge in [-0.2, -0.15) is 0 Å². The molecule has 190 valence electrons. The van der Waals surface area contributed by atoms with Crippen LogP contribution in [0, 0.1) is 0 Å². The van der Waals surface area contributed by atoms with E-state index in [0.717, 1.165) is 17.1 Å². The molecule has 36 heavy (non-hydrogen) atoms. The zero-order valence-electron chi connectivity index (χ0n) is 20.2. The zero-order chi connectivity index (χ0) is 26.8. The molecule has 0 aliphatic rings. The first-order chi connectivity index (χ1) is 17.4. The van der Waals surface area contributed by atoms with Gasteiger partial charge >= 0.3 is 0 Å². The summed E-state index contributed by atoms with van der Waals surface area (Å²) in [7, 11) is 0. The molecule has 0 unspecified atom stereocenters. The highest BCUT2D eigenvalue weighted by molar-refractivity contribution is 6.41. The molecule has 3 aromatic carbocycles. The number of hydrogen-bond acceptors (Lipinski definition) is 4. The van der Waals surface area contributed by atoms with Crippen LogP contribution in [0.25, 0.3) is 0 Å². The van der Waals surface area contributed by atoms with Crippen LogP contribution in [0.3, 0.4) is 0 Å². The number of benzene rings is 3. The SMILES string of the molecule is C=CCOc1cccc(OCC=C)c1.C=CCc1ccc(O)c(CC=C)c1O.Clc1ccccc1Cl. The van der Waals surface area contributed by atoms with E-state index in [0.29, 0.717) is 41.7 Å². The number of halogens is 2. The van der Waals surface area contributed by atoms with Crippen molar-refractivity contribution >= 4 is 23.2 Å². The highest BCUT2D eigenvalue weighted by atomic mass is 35.5. The Morgan fingerprint density at radius 1 is 0.667 bits per heavy atom. The van der Waals surface area contributed by atoms with Gasteiger partial charge in [-0.1, -0.05) is 84.9 Å². The van der Waals surface area contributed by atoms with Crippen molar-refractivity contribution in [1.82, 2.24) is 0 Å². The van der Waals surface area contributed by atoms with E-state index in [1.807, 2.05) is 36.4 Å². The smallest absolute Gasteiger partial charge is 0.126 e. The van der Waals surface area contributed by atoms with E-state index >= 15 is 0 Å². The number of aromatic hydroxyl groups is 2. The van der Waals surface area contributed by atoms with E-state index in [1.54, 1.807) is 48.6 Å². The van der Waals surface area contributed by atoms with E-state index in [1.165, 1.54) is 0 Å². The van der Waals surface area contributed by atoms with Gasteiger partial charge in [-0.25, -0.2) is 0 Å². The lowest BCUT2D eigenvalue weighted by Gasteiger charge is -2.08. The van der Waals surface area contributed by atoms with E-state index in [-0.39, 0.29) is 11.5 Å². The van der Waals surface area contributed by atoms with Crippen LogP contribution in [0.4, 0.5) is 0 Å². The summed E-state index contributed by atoms with van der Waals surface area (Å²) in [6.07, 6.45) is 7.82. The fourth-order valence-corrected chi connectivity index (χ4v) is 3.01. The van der Waals surface area contributed by atoms with Crippen LogP contribution in [0.2, 0.25) is 10.0 Å². The summed E-state index contributed by atoms with van der Waals surface area (Å²) in [5.41, 5.74) is 1.30. The van der Waals surface area contributed by atoms with E-state index < -0.39 is 0 Å². The van der Waals surface area contributed by atoms with Gasteiger partial charge in [0.05, 0.1) is 10.0 Å². The molecule has 2 N–H and O–H groups in total. The molecule has 0 heterocycles. The molecule has 0 spiro atoms. The minimum Gasteiger partial charge on any atom is -0.508 e. The van der Waals surface area contributed by atoms with Gasteiger partial charge in [0.25, 0.3) is 0 Å². The lowest BCUT2D eigenvalue weighted by molar-refractivity contribution is 0.345. The van der Waals surface area contributed by atoms with Crippen LogP contribution >= 0.6 is 23.2 Å². The summed E-state index contributed by atoms with van der Waals surface area (Å²) in [4.78, 5) is 0. The Labute approximate surface area is 224 Å². The van der Waals surface area contributed by atoms with Gasteiger partial charge < -0.3 is 19.7 Å². The standard InChI is InChI=1S/2C12H14O2.C6H4Cl2/c1-3-8-13-11-6-5-7-12(10-11)14-9-4-2;1-3-5-9-7-8-11(13)10(6-4-2)12(9)14;7-5-3-1-2-4-6(5)8/h3-7,10H,1-2,8-9H2;3-4,7-8,13-14H,1-2,5-6H2;1-4H. The molecule has 0 amide bonds. The fraction of sp³-hybridized carbons (Fsp3) is 0.133. The van der Waals surface area contributed by atoms with Crippen molar-refractivity contribution in [3.8, 4) is 23.0 Å². The summed E-state index contributed by atoms with van der Waals surface area (Å²) in [6, 6.07) is 17.9. The number of phenols is 2. The largest absolute Gasteiger partial charge is 0.508 e. The molecule has 0 saturated carbocycles. The maximum absolute atomic E-state index is 9.78. The van der Waals surface area contributed by atoms with Crippen LogP contribution in [0.1, 0.15) is 11.1 Å². The predicted molar refractivity (Wildman–Crippen MR) is 152 cm³/mol. The molecule has 0 fully saturated rings. The van der Waals surface area contributed by atoms with Crippen molar-refractivity contribution in [3.63, 3.8) is 0 Å². The molecular weight excluding hydrogens is 495 g/mol. The molecule has 0 aromatic heterocycles. The Balaban J connectivity index is 0.000000281. The second-order valence-corrected chi connectivity index (χ2v) is 7.96. The first-order valence-corrected chi connectivity index (χ1v) is 11.8. The van der Waals surface area contributed by atoms with Gasteiger partial charge in [0, 0.05) is 11.6 Å². The average Bonchev–Trinajstić information content (AvgIpc) is 2.88. The molecular formula is C30H32Cl2O4. The molecule has 0 bridgehead atoms. The minimum atomic E-state index is 0.107. The summed E-state index contributed by atoms with van der Waals surface area (Å²) < 4.78 is 10.7. The number of hydrogen-bond donors (Lipinski definition) is 2. The summed E-state index contributed by atoms with van der Waals surface area (Å²) in [5.74, 6) is 1.82. The van der Waals surface area contributed by atoms with Crippen molar-refractivity contribution < 1.29 is 19.7 Å². The van der Waals surface area contributed by atoms with Crippen molar-refractivity contribution in [2.75, 3.05) is 13.2 Å². The van der Waals surface area contributed by atoms with Gasteiger partial charge in [-0.3, -0.25) is 0 Å². The minimum absolute atomic E-state index is 0.107. The third-order valence-corrected chi connectivity index (χ3v) is 5.18. The first kappa shape index (κ1) is 30.4. The van der Waals surface area contributed by atoms with Crippen LogP contribution in [0.15, 0.2) is 111 Å². The zero-order valence-corrected chi connectivity index (χ0v) is 21.7. The molecule has 6 heteroatoms. The van der Waals surface area contributed by atoms with Crippen molar-refractivity contribution in [2.24, 2.45) is 0 Å². The average molecular weight is 527 g/mol. The van der Waals surface area contributed by atoms with Gasteiger partial charge in [0.1, 0.15) is 36.2 Å². The molecule has 0 aliphatic carbocycles. The topological polar surface area (TPSA) is 58.9 Å². The maximum Gasteiger partial charge on any atom is 0.126 e. The Hall–Kier alpha value is -3.60. The number of ether oxygens (including phenoxy) is 2. The Morgan fingerprint density at radius 3 is 1.64 bits per heavy atom. The molecule has 3 rings (SSSR count). The highest BCUT2D eigenvalue weighted by Gasteiger charge is 2.09. The lowest BCUT2D eigenvalue weighted by atomic mass is 10.0.